The number of nitrogens with one attached hydrogen (secondary N) is 2. The monoisotopic (exact) mass is 459 g/mol. The van der Waals surface area contributed by atoms with Crippen molar-refractivity contribution in [1.82, 2.24) is 15.5 Å². The highest BCUT2D eigenvalue weighted by Gasteiger charge is 2.35. The summed E-state index contributed by atoms with van der Waals surface area (Å²) in [6, 6.07) is -1.63. The van der Waals surface area contributed by atoms with Crippen LogP contribution in [0.5, 0.6) is 0 Å². The fraction of sp³-hybridized carbons (Fsp3) is 0.810. The highest BCUT2D eigenvalue weighted by molar-refractivity contribution is 7.98. The zero-order chi connectivity index (χ0) is 23.8. The minimum absolute atomic E-state index is 0.0797. The number of rotatable bonds is 9. The number of nitrogens with zero attached hydrogens (tertiary/aromatic N) is 1. The zero-order valence-electron chi connectivity index (χ0n) is 19.4. The summed E-state index contributed by atoms with van der Waals surface area (Å²) in [6.07, 6.45) is 2.75. The normalized spacial score (nSPS) is 17.9. The molecule has 1 heterocycles. The molecule has 0 aromatic heterocycles. The molecule has 0 bridgehead atoms. The summed E-state index contributed by atoms with van der Waals surface area (Å²) in [4.78, 5) is 50.7. The highest BCUT2D eigenvalue weighted by atomic mass is 32.2. The molecule has 1 aliphatic heterocycles. The van der Waals surface area contributed by atoms with Crippen molar-refractivity contribution in [3.05, 3.63) is 0 Å². The predicted molar refractivity (Wildman–Crippen MR) is 120 cm³/mol. The fourth-order valence-electron chi connectivity index (χ4n) is 3.31. The number of aliphatic carboxylic acids is 1. The maximum Gasteiger partial charge on any atom is 0.408 e. The average molecular weight is 460 g/mol. The van der Waals surface area contributed by atoms with E-state index in [-0.39, 0.29) is 23.7 Å². The summed E-state index contributed by atoms with van der Waals surface area (Å²) in [5, 5.41) is 14.5. The van der Waals surface area contributed by atoms with Gasteiger partial charge in [0.25, 0.3) is 0 Å². The van der Waals surface area contributed by atoms with Crippen LogP contribution in [0, 0.1) is 11.8 Å². The van der Waals surface area contributed by atoms with E-state index in [2.05, 4.69) is 10.6 Å². The van der Waals surface area contributed by atoms with Gasteiger partial charge in [-0.2, -0.15) is 11.8 Å². The van der Waals surface area contributed by atoms with E-state index < -0.39 is 29.7 Å². The van der Waals surface area contributed by atoms with Gasteiger partial charge in [-0.1, -0.05) is 20.3 Å². The number of thioether (sulfide) groups is 1. The maximum atomic E-state index is 13.1. The predicted octanol–water partition coefficient (Wildman–Crippen LogP) is 2.10. The van der Waals surface area contributed by atoms with Crippen LogP contribution in [0.25, 0.3) is 0 Å². The van der Waals surface area contributed by atoms with Crippen molar-refractivity contribution in [1.29, 1.82) is 0 Å². The van der Waals surface area contributed by atoms with Crippen LogP contribution in [0.4, 0.5) is 4.79 Å². The first-order valence-corrected chi connectivity index (χ1v) is 12.1. The number of alkyl carbamates (subject to hydrolysis) is 1. The first kappa shape index (κ1) is 27.1. The van der Waals surface area contributed by atoms with Crippen LogP contribution in [-0.2, 0) is 19.1 Å². The number of carbonyl (C=O) groups is 4. The summed E-state index contributed by atoms with van der Waals surface area (Å²) in [5.41, 5.74) is -0.664. The number of carbonyl (C=O) groups excluding carboxylic acids is 3. The number of likely N-dealkylation sites (tertiary alicyclic amines) is 1. The van der Waals surface area contributed by atoms with Crippen molar-refractivity contribution in [2.75, 3.05) is 25.1 Å². The van der Waals surface area contributed by atoms with Gasteiger partial charge in [-0.05, 0) is 45.8 Å². The van der Waals surface area contributed by atoms with Crippen LogP contribution >= 0.6 is 11.8 Å². The molecule has 178 valence electrons. The topological polar surface area (TPSA) is 125 Å². The lowest BCUT2D eigenvalue weighted by molar-refractivity contribution is -0.142. The van der Waals surface area contributed by atoms with Gasteiger partial charge < -0.3 is 25.4 Å². The van der Waals surface area contributed by atoms with Gasteiger partial charge in [0.05, 0.1) is 0 Å². The molecule has 1 aliphatic rings. The molecule has 0 aliphatic carbocycles. The Morgan fingerprint density at radius 2 is 1.74 bits per heavy atom. The van der Waals surface area contributed by atoms with Gasteiger partial charge in [-0.15, -0.1) is 0 Å². The summed E-state index contributed by atoms with van der Waals surface area (Å²) in [7, 11) is 0. The number of amides is 3. The van der Waals surface area contributed by atoms with E-state index in [0.29, 0.717) is 38.1 Å². The number of hydrogen-bond acceptors (Lipinski definition) is 6. The largest absolute Gasteiger partial charge is 0.480 e. The molecule has 0 spiro atoms. The number of piperidine rings is 1. The molecule has 0 aromatic rings. The van der Waals surface area contributed by atoms with Gasteiger partial charge in [0.2, 0.25) is 11.8 Å². The Labute approximate surface area is 189 Å². The van der Waals surface area contributed by atoms with E-state index in [4.69, 9.17) is 4.74 Å². The molecule has 31 heavy (non-hydrogen) atoms. The highest BCUT2D eigenvalue weighted by Crippen LogP contribution is 2.21. The van der Waals surface area contributed by atoms with Crippen molar-refractivity contribution in [3.63, 3.8) is 0 Å². The van der Waals surface area contributed by atoms with Gasteiger partial charge in [0, 0.05) is 24.8 Å². The van der Waals surface area contributed by atoms with Crippen molar-refractivity contribution in [2.24, 2.45) is 11.8 Å². The lowest BCUT2D eigenvalue weighted by atomic mass is 9.93. The van der Waals surface area contributed by atoms with Crippen LogP contribution in [0.1, 0.15) is 53.9 Å². The lowest BCUT2D eigenvalue weighted by Gasteiger charge is -2.35. The Bertz CT molecular complexity index is 644. The molecular formula is C21H37N3O6S. The second-order valence-corrected chi connectivity index (χ2v) is 9.87. The van der Waals surface area contributed by atoms with Crippen LogP contribution < -0.4 is 10.6 Å². The second-order valence-electron chi connectivity index (χ2n) is 8.96. The number of carboxylic acids is 1. The Hall–Kier alpha value is -1.97. The second kappa shape index (κ2) is 12.2. The van der Waals surface area contributed by atoms with Crippen molar-refractivity contribution < 1.29 is 29.0 Å². The summed E-state index contributed by atoms with van der Waals surface area (Å²) >= 11 is 1.35. The van der Waals surface area contributed by atoms with Gasteiger partial charge in [0.1, 0.15) is 17.7 Å². The summed E-state index contributed by atoms with van der Waals surface area (Å²) < 4.78 is 5.30. The van der Waals surface area contributed by atoms with Gasteiger partial charge in [0.15, 0.2) is 0 Å². The molecule has 1 saturated heterocycles. The van der Waals surface area contributed by atoms with Crippen LogP contribution in [0.15, 0.2) is 0 Å². The van der Waals surface area contributed by atoms with E-state index in [0.717, 1.165) is 0 Å². The molecule has 9 nitrogen and oxygen atoms in total. The fourth-order valence-corrected chi connectivity index (χ4v) is 3.87. The van der Waals surface area contributed by atoms with Crippen LogP contribution in [-0.4, -0.2) is 76.7 Å². The third kappa shape index (κ3) is 8.96. The minimum atomic E-state index is -1.06. The first-order valence-electron chi connectivity index (χ1n) is 10.7. The standard InChI is InChI=1S/C21H37N3O6S/c1-7-13(2)16(23-20(29)30-21(3,4)5)18(26)24-10-8-14(9-11-24)17(25)22-15(12-31-6)19(27)28/h13-16H,7-12H2,1-6H3,(H,22,25)(H,23,29)(H,27,28)/t13-,15+,16+/m1/s1. The van der Waals surface area contributed by atoms with Gasteiger partial charge in [-0.3, -0.25) is 9.59 Å². The third-order valence-corrected chi connectivity index (χ3v) is 5.94. The molecule has 3 N–H and O–H groups in total. The zero-order valence-corrected chi connectivity index (χ0v) is 20.2. The Balaban J connectivity index is 2.70. The molecule has 1 fully saturated rings. The van der Waals surface area contributed by atoms with Crippen LogP contribution in [0.2, 0.25) is 0 Å². The molecule has 0 unspecified atom stereocenters. The molecule has 3 atom stereocenters. The maximum absolute atomic E-state index is 13.1. The van der Waals surface area contributed by atoms with Crippen molar-refractivity contribution in [2.45, 2.75) is 71.6 Å². The Morgan fingerprint density at radius 3 is 2.19 bits per heavy atom. The van der Waals surface area contributed by atoms with Crippen molar-refractivity contribution >= 4 is 35.6 Å². The number of hydrogen-bond donors (Lipinski definition) is 3. The van der Waals surface area contributed by atoms with E-state index in [1.165, 1.54) is 11.8 Å². The number of carboxylic acid groups (broad SMARTS) is 1. The lowest BCUT2D eigenvalue weighted by Crippen LogP contribution is -2.55. The molecule has 0 radical (unpaired) electrons. The molecule has 10 heteroatoms. The van der Waals surface area contributed by atoms with E-state index in [9.17, 15) is 24.3 Å². The quantitative estimate of drug-likeness (QED) is 0.482. The average Bonchev–Trinajstić information content (AvgIpc) is 2.69. The van der Waals surface area contributed by atoms with Crippen LogP contribution in [0.3, 0.4) is 0 Å². The van der Waals surface area contributed by atoms with Gasteiger partial charge in [-0.25, -0.2) is 9.59 Å². The molecule has 0 aromatic carbocycles. The van der Waals surface area contributed by atoms with Crippen molar-refractivity contribution in [3.8, 4) is 0 Å². The van der Waals surface area contributed by atoms with E-state index in [1.54, 1.807) is 31.9 Å². The van der Waals surface area contributed by atoms with E-state index >= 15 is 0 Å². The first-order chi connectivity index (χ1) is 14.4. The summed E-state index contributed by atoms with van der Waals surface area (Å²) in [5.74, 6) is -1.66. The Kier molecular flexibility index (Phi) is 10.6. The molecule has 3 amide bonds. The smallest absolute Gasteiger partial charge is 0.408 e. The summed E-state index contributed by atoms with van der Waals surface area (Å²) in [6.45, 7) is 9.88. The molecule has 0 saturated carbocycles. The van der Waals surface area contributed by atoms with Gasteiger partial charge >= 0.3 is 12.1 Å². The third-order valence-electron chi connectivity index (χ3n) is 5.28. The Morgan fingerprint density at radius 1 is 1.16 bits per heavy atom. The molecular weight excluding hydrogens is 422 g/mol. The molecule has 1 rings (SSSR count). The minimum Gasteiger partial charge on any atom is -0.480 e. The number of ether oxygens (including phenoxy) is 1. The van der Waals surface area contributed by atoms with E-state index in [1.807, 2.05) is 13.8 Å². The SMILES string of the molecule is CC[C@@H](C)[C@H](NC(=O)OC(C)(C)C)C(=O)N1CCC(C(=O)N[C@@H](CSC)C(=O)O)CC1.